The van der Waals surface area contributed by atoms with Crippen molar-refractivity contribution < 1.29 is 28.7 Å². The van der Waals surface area contributed by atoms with Crippen LogP contribution >= 0.6 is 11.8 Å². The largest absolute Gasteiger partial charge is 0.427 e. The van der Waals surface area contributed by atoms with Crippen LogP contribution < -0.4 is 20.3 Å². The van der Waals surface area contributed by atoms with E-state index in [-0.39, 0.29) is 11.8 Å². The van der Waals surface area contributed by atoms with E-state index in [1.54, 1.807) is 76.2 Å². The van der Waals surface area contributed by atoms with Gasteiger partial charge in [-0.1, -0.05) is 0 Å². The summed E-state index contributed by atoms with van der Waals surface area (Å²) in [6.45, 7) is 9.48. The molecule has 10 nitrogen and oxygen atoms in total. The summed E-state index contributed by atoms with van der Waals surface area (Å²) in [6, 6.07) is 13.5. The van der Waals surface area contributed by atoms with E-state index >= 15 is 0 Å². The van der Waals surface area contributed by atoms with Crippen LogP contribution in [0.3, 0.4) is 0 Å². The average Bonchev–Trinajstić information content (AvgIpc) is 2.85. The van der Waals surface area contributed by atoms with Gasteiger partial charge < -0.3 is 9.47 Å². The molecule has 0 fully saturated rings. The maximum absolute atomic E-state index is 12.5. The van der Waals surface area contributed by atoms with Crippen LogP contribution in [0.1, 0.15) is 52.7 Å². The van der Waals surface area contributed by atoms with E-state index < -0.39 is 22.4 Å². The fourth-order valence-corrected chi connectivity index (χ4v) is 3.84. The number of hydrogen-bond acceptors (Lipinski definition) is 9. The highest BCUT2D eigenvalue weighted by Gasteiger charge is 2.21. The minimum atomic E-state index is -0.553. The minimum Gasteiger partial charge on any atom is -0.427 e. The molecule has 2 aromatic carbocycles. The standard InChI is InChI=1S/C26H30N4O6S/c1-15(21-7-11-23(12-8-21)35-19(5)31)27-29-25(33)17(3)37-18(4)26(34)30-28-16(2)22-9-13-24(14-10-22)36-20(6)32/h7-14,17-18H,1-6H3,(H,29,33)(H,30,34). The van der Waals surface area contributed by atoms with Gasteiger partial charge in [0.25, 0.3) is 11.8 Å². The molecule has 2 aromatic rings. The Morgan fingerprint density at radius 3 is 1.27 bits per heavy atom. The number of esters is 2. The van der Waals surface area contributed by atoms with Crippen molar-refractivity contribution in [1.82, 2.24) is 10.9 Å². The van der Waals surface area contributed by atoms with Gasteiger partial charge in [0.1, 0.15) is 11.5 Å². The van der Waals surface area contributed by atoms with Crippen molar-refractivity contribution >= 4 is 46.9 Å². The van der Waals surface area contributed by atoms with Crippen molar-refractivity contribution in [3.8, 4) is 11.5 Å². The second-order valence-electron chi connectivity index (χ2n) is 8.00. The summed E-state index contributed by atoms with van der Waals surface area (Å²) in [5, 5.41) is 7.13. The smallest absolute Gasteiger partial charge is 0.308 e. The van der Waals surface area contributed by atoms with Crippen LogP contribution in [0.2, 0.25) is 0 Å². The summed E-state index contributed by atoms with van der Waals surface area (Å²) < 4.78 is 9.99. The average molecular weight is 527 g/mol. The Morgan fingerprint density at radius 2 is 0.973 bits per heavy atom. The first-order valence-corrected chi connectivity index (χ1v) is 12.3. The zero-order chi connectivity index (χ0) is 27.5. The van der Waals surface area contributed by atoms with Gasteiger partial charge >= 0.3 is 11.9 Å². The number of hydrazone groups is 2. The van der Waals surface area contributed by atoms with Gasteiger partial charge in [0, 0.05) is 13.8 Å². The van der Waals surface area contributed by atoms with Gasteiger partial charge in [-0.25, -0.2) is 10.9 Å². The Balaban J connectivity index is 1.86. The quantitative estimate of drug-likeness (QED) is 0.210. The lowest BCUT2D eigenvalue weighted by atomic mass is 10.1. The second kappa shape index (κ2) is 13.9. The number of thioether (sulfide) groups is 1. The van der Waals surface area contributed by atoms with Crippen molar-refractivity contribution in [1.29, 1.82) is 0 Å². The highest BCUT2D eigenvalue weighted by atomic mass is 32.2. The van der Waals surface area contributed by atoms with Gasteiger partial charge in [-0.3, -0.25) is 19.2 Å². The Labute approximate surface area is 219 Å². The van der Waals surface area contributed by atoms with Gasteiger partial charge in [0.2, 0.25) is 0 Å². The van der Waals surface area contributed by atoms with Crippen LogP contribution in [0.4, 0.5) is 0 Å². The number of benzene rings is 2. The van der Waals surface area contributed by atoms with E-state index in [2.05, 4.69) is 21.1 Å². The first kappa shape index (κ1) is 29.2. The molecular formula is C26H30N4O6S. The number of nitrogens with one attached hydrogen (secondary N) is 2. The number of carbonyl (C=O) groups excluding carboxylic acids is 4. The topological polar surface area (TPSA) is 136 Å². The van der Waals surface area contributed by atoms with E-state index in [4.69, 9.17) is 9.47 Å². The first-order valence-electron chi connectivity index (χ1n) is 11.4. The maximum Gasteiger partial charge on any atom is 0.308 e. The Morgan fingerprint density at radius 1 is 0.649 bits per heavy atom. The fraction of sp³-hybridized carbons (Fsp3) is 0.308. The van der Waals surface area contributed by atoms with Crippen molar-refractivity contribution in [3.63, 3.8) is 0 Å². The van der Waals surface area contributed by atoms with Crippen molar-refractivity contribution in [3.05, 3.63) is 59.7 Å². The van der Waals surface area contributed by atoms with Crippen molar-refractivity contribution in [2.24, 2.45) is 10.2 Å². The molecule has 2 unspecified atom stereocenters. The predicted molar refractivity (Wildman–Crippen MR) is 143 cm³/mol. The summed E-state index contributed by atoms with van der Waals surface area (Å²) in [5.41, 5.74) is 7.65. The molecule has 0 bridgehead atoms. The van der Waals surface area contributed by atoms with Gasteiger partial charge in [-0.15, -0.1) is 11.8 Å². The Bertz CT molecular complexity index is 1100. The van der Waals surface area contributed by atoms with Crippen LogP contribution in [0.5, 0.6) is 11.5 Å². The van der Waals surface area contributed by atoms with Gasteiger partial charge in [0.05, 0.1) is 21.9 Å². The molecule has 0 saturated heterocycles. The summed E-state index contributed by atoms with van der Waals surface area (Å²) in [4.78, 5) is 47.0. The number of amides is 2. The summed E-state index contributed by atoms with van der Waals surface area (Å²) in [7, 11) is 0. The normalized spacial score (nSPS) is 13.2. The fourth-order valence-electron chi connectivity index (χ4n) is 2.88. The number of nitrogens with zero attached hydrogens (tertiary/aromatic N) is 2. The highest BCUT2D eigenvalue weighted by molar-refractivity contribution is 8.01. The van der Waals surface area contributed by atoms with Crippen molar-refractivity contribution in [2.75, 3.05) is 0 Å². The van der Waals surface area contributed by atoms with Crippen LogP contribution in [0.25, 0.3) is 0 Å². The number of carbonyl (C=O) groups is 4. The molecule has 0 aliphatic carbocycles. The summed E-state index contributed by atoms with van der Waals surface area (Å²) >= 11 is 1.17. The molecule has 0 radical (unpaired) electrons. The molecule has 2 N–H and O–H groups in total. The lowest BCUT2D eigenvalue weighted by Gasteiger charge is -2.15. The molecule has 0 spiro atoms. The molecule has 2 amide bonds. The highest BCUT2D eigenvalue weighted by Crippen LogP contribution is 2.18. The SMILES string of the molecule is CC(=O)Oc1ccc(C(C)=NNC(=O)C(C)SC(C)C(=O)NN=C(C)c2ccc(OC(C)=O)cc2)cc1. The lowest BCUT2D eigenvalue weighted by Crippen LogP contribution is -2.33. The molecule has 11 heteroatoms. The monoisotopic (exact) mass is 526 g/mol. The van der Waals surface area contributed by atoms with E-state index in [1.165, 1.54) is 25.6 Å². The second-order valence-corrected chi connectivity index (χ2v) is 9.69. The molecule has 2 atom stereocenters. The van der Waals surface area contributed by atoms with Crippen LogP contribution in [-0.4, -0.2) is 45.7 Å². The molecule has 0 aromatic heterocycles. The molecule has 2 rings (SSSR count). The predicted octanol–water partition coefficient (Wildman–Crippen LogP) is 3.43. The third-order valence-corrected chi connectivity index (χ3v) is 6.13. The summed E-state index contributed by atoms with van der Waals surface area (Å²) in [5.74, 6) is -0.687. The number of hydrogen-bond donors (Lipinski definition) is 2. The van der Waals surface area contributed by atoms with E-state index in [0.717, 1.165) is 11.1 Å². The first-order chi connectivity index (χ1) is 17.5. The van der Waals surface area contributed by atoms with E-state index in [9.17, 15) is 19.2 Å². The molecule has 37 heavy (non-hydrogen) atoms. The number of rotatable bonds is 10. The lowest BCUT2D eigenvalue weighted by molar-refractivity contribution is -0.132. The molecule has 0 heterocycles. The zero-order valence-electron chi connectivity index (χ0n) is 21.5. The van der Waals surface area contributed by atoms with Crippen molar-refractivity contribution in [2.45, 2.75) is 52.0 Å². The zero-order valence-corrected chi connectivity index (χ0v) is 22.3. The van der Waals surface area contributed by atoms with Crippen LogP contribution in [0.15, 0.2) is 58.7 Å². The van der Waals surface area contributed by atoms with Gasteiger partial charge in [0.15, 0.2) is 0 Å². The van der Waals surface area contributed by atoms with Crippen LogP contribution in [0, 0.1) is 0 Å². The molecule has 0 aliphatic rings. The summed E-state index contributed by atoms with van der Waals surface area (Å²) in [6.07, 6.45) is 0. The third kappa shape index (κ3) is 9.88. The molecule has 0 saturated carbocycles. The molecular weight excluding hydrogens is 496 g/mol. The van der Waals surface area contributed by atoms with E-state index in [0.29, 0.717) is 22.9 Å². The van der Waals surface area contributed by atoms with Crippen LogP contribution in [-0.2, 0) is 19.2 Å². The van der Waals surface area contributed by atoms with Gasteiger partial charge in [-0.2, -0.15) is 10.2 Å². The third-order valence-electron chi connectivity index (χ3n) is 4.88. The number of ether oxygens (including phenoxy) is 2. The molecule has 196 valence electrons. The maximum atomic E-state index is 12.5. The van der Waals surface area contributed by atoms with E-state index in [1.807, 2.05) is 0 Å². The Kier molecular flexibility index (Phi) is 11.0. The van der Waals surface area contributed by atoms with Gasteiger partial charge in [-0.05, 0) is 87.4 Å². The Hall–Kier alpha value is -3.99. The molecule has 0 aliphatic heterocycles. The minimum absolute atomic E-state index is 0.354.